The highest BCUT2D eigenvalue weighted by molar-refractivity contribution is 7.92. The van der Waals surface area contributed by atoms with E-state index < -0.39 is 22.5 Å². The lowest BCUT2D eigenvalue weighted by Crippen LogP contribution is -2.40. The van der Waals surface area contributed by atoms with Gasteiger partial charge in [-0.3, -0.25) is 9.10 Å². The van der Waals surface area contributed by atoms with E-state index in [-0.39, 0.29) is 11.4 Å². The Balaban J connectivity index is 1.85. The fourth-order valence-electron chi connectivity index (χ4n) is 3.65. The van der Waals surface area contributed by atoms with Crippen LogP contribution in [0.4, 0.5) is 5.69 Å². The van der Waals surface area contributed by atoms with Crippen molar-refractivity contribution in [3.63, 3.8) is 0 Å². The number of nitrogens with one attached hydrogen (secondary N) is 1. The number of sulfonamides is 1. The molecule has 1 amide bonds. The van der Waals surface area contributed by atoms with E-state index in [0.717, 1.165) is 9.87 Å². The Hall–Kier alpha value is -3.92. The van der Waals surface area contributed by atoms with Crippen LogP contribution in [0, 0.1) is 6.92 Å². The predicted molar refractivity (Wildman–Crippen MR) is 141 cm³/mol. The molecule has 1 N–H and O–H groups in total. The quantitative estimate of drug-likeness (QED) is 0.380. The predicted octanol–water partition coefficient (Wildman–Crippen LogP) is 3.93. The molecule has 3 rings (SSSR count). The Morgan fingerprint density at radius 2 is 1.49 bits per heavy atom. The minimum Gasteiger partial charge on any atom is -0.494 e. The summed E-state index contributed by atoms with van der Waals surface area (Å²) in [7, 11) is 0.469. The van der Waals surface area contributed by atoms with Crippen LogP contribution < -0.4 is 28.6 Å². The SMILES string of the molecule is CCOc1ccc(S(=O)(=O)N(CC(=O)NCc2cc(OC)c(OC)c(OC)c2)c2ccc(C)cc2)cc1. The lowest BCUT2D eigenvalue weighted by molar-refractivity contribution is -0.119. The zero-order valence-electron chi connectivity index (χ0n) is 21.6. The average Bonchev–Trinajstić information content (AvgIpc) is 2.90. The molecule has 0 aliphatic rings. The number of methoxy groups -OCH3 is 3. The second-order valence-corrected chi connectivity index (χ2v) is 9.92. The number of ether oxygens (including phenoxy) is 4. The molecule has 0 unspecified atom stereocenters. The Morgan fingerprint density at radius 1 is 0.892 bits per heavy atom. The zero-order chi connectivity index (χ0) is 27.0. The summed E-state index contributed by atoms with van der Waals surface area (Å²) in [5.74, 6) is 1.42. The second kappa shape index (κ2) is 12.4. The van der Waals surface area contributed by atoms with E-state index in [9.17, 15) is 13.2 Å². The number of anilines is 1. The van der Waals surface area contributed by atoms with Crippen molar-refractivity contribution in [3.8, 4) is 23.0 Å². The van der Waals surface area contributed by atoms with Crippen LogP contribution in [0.1, 0.15) is 18.1 Å². The van der Waals surface area contributed by atoms with Crippen LogP contribution in [0.25, 0.3) is 0 Å². The molecular formula is C27H32N2O7S. The fourth-order valence-corrected chi connectivity index (χ4v) is 5.07. The molecule has 0 bridgehead atoms. The van der Waals surface area contributed by atoms with Gasteiger partial charge in [-0.2, -0.15) is 0 Å². The first kappa shape index (κ1) is 27.7. The van der Waals surface area contributed by atoms with Crippen molar-refractivity contribution in [1.29, 1.82) is 0 Å². The van der Waals surface area contributed by atoms with E-state index in [1.807, 2.05) is 13.8 Å². The maximum atomic E-state index is 13.6. The summed E-state index contributed by atoms with van der Waals surface area (Å²) >= 11 is 0. The van der Waals surface area contributed by atoms with Crippen LogP contribution >= 0.6 is 0 Å². The van der Waals surface area contributed by atoms with Crippen molar-refractivity contribution in [3.05, 3.63) is 71.8 Å². The van der Waals surface area contributed by atoms with Gasteiger partial charge in [0.15, 0.2) is 11.5 Å². The van der Waals surface area contributed by atoms with E-state index in [1.54, 1.807) is 48.5 Å². The van der Waals surface area contributed by atoms with Crippen molar-refractivity contribution in [1.82, 2.24) is 5.32 Å². The number of hydrogen-bond acceptors (Lipinski definition) is 7. The number of amides is 1. The first-order chi connectivity index (χ1) is 17.7. The molecule has 0 heterocycles. The van der Waals surface area contributed by atoms with Crippen molar-refractivity contribution >= 4 is 21.6 Å². The zero-order valence-corrected chi connectivity index (χ0v) is 22.4. The fraction of sp³-hybridized carbons (Fsp3) is 0.296. The maximum Gasteiger partial charge on any atom is 0.264 e. The summed E-state index contributed by atoms with van der Waals surface area (Å²) in [4.78, 5) is 13.0. The third-order valence-electron chi connectivity index (χ3n) is 5.55. The van der Waals surface area contributed by atoms with E-state index >= 15 is 0 Å². The van der Waals surface area contributed by atoms with E-state index in [0.29, 0.717) is 40.9 Å². The Kier molecular flexibility index (Phi) is 9.24. The largest absolute Gasteiger partial charge is 0.494 e. The normalized spacial score (nSPS) is 10.9. The van der Waals surface area contributed by atoms with Crippen LogP contribution in [-0.2, 0) is 21.4 Å². The molecule has 0 fully saturated rings. The minimum atomic E-state index is -4.05. The van der Waals surface area contributed by atoms with Crippen molar-refractivity contribution in [2.75, 3.05) is 38.8 Å². The number of carbonyl (C=O) groups excluding carboxylic acids is 1. The van der Waals surface area contributed by atoms with Gasteiger partial charge in [0.25, 0.3) is 10.0 Å². The molecule has 3 aromatic carbocycles. The smallest absolute Gasteiger partial charge is 0.264 e. The lowest BCUT2D eigenvalue weighted by Gasteiger charge is -2.24. The lowest BCUT2D eigenvalue weighted by atomic mass is 10.1. The summed E-state index contributed by atoms with van der Waals surface area (Å²) in [5, 5.41) is 2.78. The first-order valence-corrected chi connectivity index (χ1v) is 13.0. The molecule has 0 aliphatic heterocycles. The molecular weight excluding hydrogens is 496 g/mol. The number of carbonyl (C=O) groups is 1. The Labute approximate surface area is 218 Å². The van der Waals surface area contributed by atoms with Crippen molar-refractivity contribution < 1.29 is 32.2 Å². The topological polar surface area (TPSA) is 103 Å². The van der Waals surface area contributed by atoms with Crippen LogP contribution in [0.2, 0.25) is 0 Å². The molecule has 0 aliphatic carbocycles. The van der Waals surface area contributed by atoms with Crippen molar-refractivity contribution in [2.24, 2.45) is 0 Å². The highest BCUT2D eigenvalue weighted by atomic mass is 32.2. The summed E-state index contributed by atoms with van der Waals surface area (Å²) in [6.07, 6.45) is 0. The molecule has 9 nitrogen and oxygen atoms in total. The Morgan fingerprint density at radius 3 is 2.00 bits per heavy atom. The molecule has 3 aromatic rings. The van der Waals surface area contributed by atoms with Gasteiger partial charge in [-0.05, 0) is 67.9 Å². The minimum absolute atomic E-state index is 0.0500. The van der Waals surface area contributed by atoms with Gasteiger partial charge in [-0.15, -0.1) is 0 Å². The van der Waals surface area contributed by atoms with E-state index in [1.165, 1.54) is 33.5 Å². The van der Waals surface area contributed by atoms with Crippen LogP contribution in [0.5, 0.6) is 23.0 Å². The average molecular weight is 529 g/mol. The molecule has 0 atom stereocenters. The molecule has 0 radical (unpaired) electrons. The standard InChI is InChI=1S/C27H32N2O7S/c1-6-36-22-11-13-23(14-12-22)37(31,32)29(21-9-7-19(2)8-10-21)18-26(30)28-17-20-15-24(33-3)27(35-5)25(16-20)34-4/h7-16H,6,17-18H2,1-5H3,(H,28,30). The third kappa shape index (κ3) is 6.65. The van der Waals surface area contributed by atoms with Crippen LogP contribution in [0.15, 0.2) is 65.6 Å². The van der Waals surface area contributed by atoms with Gasteiger partial charge in [-0.25, -0.2) is 8.42 Å². The van der Waals surface area contributed by atoms with Gasteiger partial charge in [0.2, 0.25) is 11.7 Å². The Bertz CT molecular complexity index is 1280. The van der Waals surface area contributed by atoms with E-state index in [4.69, 9.17) is 18.9 Å². The van der Waals surface area contributed by atoms with Gasteiger partial charge in [-0.1, -0.05) is 17.7 Å². The molecule has 37 heavy (non-hydrogen) atoms. The number of nitrogens with zero attached hydrogens (tertiary/aromatic N) is 1. The van der Waals surface area contributed by atoms with Crippen LogP contribution in [0.3, 0.4) is 0 Å². The first-order valence-electron chi connectivity index (χ1n) is 11.6. The van der Waals surface area contributed by atoms with Gasteiger partial charge in [0.05, 0.1) is 38.5 Å². The van der Waals surface area contributed by atoms with Gasteiger partial charge in [0, 0.05) is 6.54 Å². The molecule has 0 aromatic heterocycles. The summed E-state index contributed by atoms with van der Waals surface area (Å²) < 4.78 is 49.7. The summed E-state index contributed by atoms with van der Waals surface area (Å²) in [6.45, 7) is 3.93. The summed E-state index contributed by atoms with van der Waals surface area (Å²) in [5.41, 5.74) is 2.04. The third-order valence-corrected chi connectivity index (χ3v) is 7.33. The molecule has 10 heteroatoms. The highest BCUT2D eigenvalue weighted by Gasteiger charge is 2.27. The van der Waals surface area contributed by atoms with Gasteiger partial charge < -0.3 is 24.3 Å². The number of benzene rings is 3. The second-order valence-electron chi connectivity index (χ2n) is 8.06. The van der Waals surface area contributed by atoms with Crippen LogP contribution in [-0.4, -0.2) is 48.8 Å². The van der Waals surface area contributed by atoms with Gasteiger partial charge in [0.1, 0.15) is 12.3 Å². The van der Waals surface area contributed by atoms with Crippen molar-refractivity contribution in [2.45, 2.75) is 25.3 Å². The highest BCUT2D eigenvalue weighted by Crippen LogP contribution is 2.38. The monoisotopic (exact) mass is 528 g/mol. The number of hydrogen-bond donors (Lipinski definition) is 1. The van der Waals surface area contributed by atoms with Gasteiger partial charge >= 0.3 is 0 Å². The molecule has 198 valence electrons. The van der Waals surface area contributed by atoms with E-state index in [2.05, 4.69) is 5.32 Å². The number of rotatable bonds is 12. The number of aryl methyl sites for hydroxylation is 1. The molecule has 0 spiro atoms. The molecule has 0 saturated carbocycles. The maximum absolute atomic E-state index is 13.6. The summed E-state index contributed by atoms with van der Waals surface area (Å²) in [6, 6.07) is 16.5. The molecule has 0 saturated heterocycles.